The molecule has 1 N–H and O–H groups in total. The first-order valence-corrected chi connectivity index (χ1v) is 6.20. The number of nitrogens with one attached hydrogen (secondary N) is 1. The zero-order valence-electron chi connectivity index (χ0n) is 10.3. The van der Waals surface area contributed by atoms with Crippen LogP contribution < -0.4 is 5.32 Å². The topological polar surface area (TPSA) is 47.6 Å². The van der Waals surface area contributed by atoms with Crippen LogP contribution in [-0.2, 0) is 14.3 Å². The lowest BCUT2D eigenvalue weighted by Gasteiger charge is -2.32. The van der Waals surface area contributed by atoms with Gasteiger partial charge in [0, 0.05) is 12.6 Å². The quantitative estimate of drug-likeness (QED) is 0.504. The molecule has 1 rings (SSSR count). The summed E-state index contributed by atoms with van der Waals surface area (Å²) in [5.74, 6) is 0.555. The Morgan fingerprint density at radius 3 is 2.81 bits per heavy atom. The van der Waals surface area contributed by atoms with Crippen LogP contribution >= 0.6 is 0 Å². The average Bonchev–Trinajstić information content (AvgIpc) is 2.14. The number of ether oxygens (including phenoxy) is 2. The lowest BCUT2D eigenvalue weighted by atomic mass is 9.80. The molecule has 0 heterocycles. The van der Waals surface area contributed by atoms with Crippen LogP contribution in [-0.4, -0.2) is 38.4 Å². The van der Waals surface area contributed by atoms with E-state index in [0.717, 1.165) is 12.5 Å². The van der Waals surface area contributed by atoms with Gasteiger partial charge in [0.2, 0.25) is 0 Å². The molecular formula is C12H23NO3. The summed E-state index contributed by atoms with van der Waals surface area (Å²) >= 11 is 0. The van der Waals surface area contributed by atoms with E-state index in [4.69, 9.17) is 9.47 Å². The summed E-state index contributed by atoms with van der Waals surface area (Å²) in [5, 5.41) is 3.41. The largest absolute Gasteiger partial charge is 0.464 e. The van der Waals surface area contributed by atoms with Crippen molar-refractivity contribution in [3.63, 3.8) is 0 Å². The predicted octanol–water partition coefficient (Wildman–Crippen LogP) is 1.34. The third-order valence-corrected chi connectivity index (χ3v) is 3.09. The SMILES string of the molecule is CCOC(=O)COCCNC(C)C1CCC1. The number of carbonyl (C=O) groups is 1. The van der Waals surface area contributed by atoms with E-state index in [9.17, 15) is 4.79 Å². The second-order valence-corrected chi connectivity index (χ2v) is 4.29. The van der Waals surface area contributed by atoms with E-state index in [1.54, 1.807) is 6.92 Å². The molecule has 0 spiro atoms. The highest BCUT2D eigenvalue weighted by Crippen LogP contribution is 2.29. The van der Waals surface area contributed by atoms with Crippen LogP contribution in [0, 0.1) is 5.92 Å². The van der Waals surface area contributed by atoms with Gasteiger partial charge in [-0.15, -0.1) is 0 Å². The Hall–Kier alpha value is -0.610. The van der Waals surface area contributed by atoms with Gasteiger partial charge in [0.1, 0.15) is 6.61 Å². The zero-order valence-corrected chi connectivity index (χ0v) is 10.3. The summed E-state index contributed by atoms with van der Waals surface area (Å²) in [5.41, 5.74) is 0. The molecule has 1 atom stereocenters. The first-order chi connectivity index (χ1) is 7.74. The molecule has 0 aromatic carbocycles. The van der Waals surface area contributed by atoms with Crippen molar-refractivity contribution in [3.8, 4) is 0 Å². The second kappa shape index (κ2) is 7.63. The Bertz CT molecular complexity index is 204. The van der Waals surface area contributed by atoms with Crippen molar-refractivity contribution in [1.82, 2.24) is 5.32 Å². The van der Waals surface area contributed by atoms with Gasteiger partial charge in [0.05, 0.1) is 13.2 Å². The van der Waals surface area contributed by atoms with Crippen LogP contribution in [0.4, 0.5) is 0 Å². The van der Waals surface area contributed by atoms with E-state index in [2.05, 4.69) is 12.2 Å². The highest BCUT2D eigenvalue weighted by Gasteiger charge is 2.22. The Morgan fingerprint density at radius 1 is 1.50 bits per heavy atom. The third-order valence-electron chi connectivity index (χ3n) is 3.09. The second-order valence-electron chi connectivity index (χ2n) is 4.29. The van der Waals surface area contributed by atoms with E-state index < -0.39 is 0 Å². The monoisotopic (exact) mass is 229 g/mol. The molecule has 94 valence electrons. The number of esters is 1. The van der Waals surface area contributed by atoms with Crippen LogP contribution in [0.1, 0.15) is 33.1 Å². The molecular weight excluding hydrogens is 206 g/mol. The molecule has 0 bridgehead atoms. The average molecular weight is 229 g/mol. The van der Waals surface area contributed by atoms with Crippen molar-refractivity contribution in [3.05, 3.63) is 0 Å². The fourth-order valence-electron chi connectivity index (χ4n) is 1.82. The normalized spacial score (nSPS) is 17.9. The standard InChI is InChI=1S/C12H23NO3/c1-3-16-12(14)9-15-8-7-13-10(2)11-5-4-6-11/h10-11,13H,3-9H2,1-2H3. The lowest BCUT2D eigenvalue weighted by molar-refractivity contribution is -0.148. The van der Waals surface area contributed by atoms with Gasteiger partial charge in [-0.05, 0) is 32.6 Å². The third kappa shape index (κ3) is 4.94. The first-order valence-electron chi connectivity index (χ1n) is 6.20. The fourth-order valence-corrected chi connectivity index (χ4v) is 1.82. The molecule has 1 saturated carbocycles. The summed E-state index contributed by atoms with van der Waals surface area (Å²) in [7, 11) is 0. The molecule has 16 heavy (non-hydrogen) atoms. The van der Waals surface area contributed by atoms with Gasteiger partial charge in [-0.25, -0.2) is 4.79 Å². The summed E-state index contributed by atoms with van der Waals surface area (Å²) < 4.78 is 9.94. The Balaban J connectivity index is 1.89. The van der Waals surface area contributed by atoms with E-state index in [-0.39, 0.29) is 12.6 Å². The van der Waals surface area contributed by atoms with Crippen LogP contribution in [0.15, 0.2) is 0 Å². The number of rotatable bonds is 8. The number of hydrogen-bond acceptors (Lipinski definition) is 4. The Morgan fingerprint density at radius 2 is 2.25 bits per heavy atom. The minimum Gasteiger partial charge on any atom is -0.464 e. The summed E-state index contributed by atoms with van der Waals surface area (Å²) in [4.78, 5) is 10.9. The maximum Gasteiger partial charge on any atom is 0.332 e. The van der Waals surface area contributed by atoms with Crippen LogP contribution in [0.25, 0.3) is 0 Å². The number of hydrogen-bond donors (Lipinski definition) is 1. The van der Waals surface area contributed by atoms with Gasteiger partial charge in [0.15, 0.2) is 0 Å². The van der Waals surface area contributed by atoms with Crippen molar-refractivity contribution >= 4 is 5.97 Å². The minimum absolute atomic E-state index is 0.0628. The molecule has 0 amide bonds. The van der Waals surface area contributed by atoms with Crippen molar-refractivity contribution in [2.75, 3.05) is 26.4 Å². The van der Waals surface area contributed by atoms with Crippen LogP contribution in [0.2, 0.25) is 0 Å². The molecule has 0 radical (unpaired) electrons. The van der Waals surface area contributed by atoms with E-state index in [0.29, 0.717) is 19.3 Å². The highest BCUT2D eigenvalue weighted by atomic mass is 16.6. The van der Waals surface area contributed by atoms with Crippen LogP contribution in [0.3, 0.4) is 0 Å². The summed E-state index contributed by atoms with van der Waals surface area (Å²) in [6, 6.07) is 0.569. The van der Waals surface area contributed by atoms with Crippen LogP contribution in [0.5, 0.6) is 0 Å². The van der Waals surface area contributed by atoms with Gasteiger partial charge >= 0.3 is 5.97 Å². The minimum atomic E-state index is -0.283. The van der Waals surface area contributed by atoms with E-state index in [1.807, 2.05) is 0 Å². The molecule has 0 aliphatic heterocycles. The van der Waals surface area contributed by atoms with Crippen molar-refractivity contribution in [1.29, 1.82) is 0 Å². The smallest absolute Gasteiger partial charge is 0.332 e. The molecule has 0 saturated heterocycles. The maximum atomic E-state index is 10.9. The molecule has 4 heteroatoms. The molecule has 1 aliphatic carbocycles. The van der Waals surface area contributed by atoms with E-state index in [1.165, 1.54) is 19.3 Å². The van der Waals surface area contributed by atoms with Crippen molar-refractivity contribution in [2.45, 2.75) is 39.2 Å². The fraction of sp³-hybridized carbons (Fsp3) is 0.917. The molecule has 1 aliphatic rings. The predicted molar refractivity (Wildman–Crippen MR) is 62.3 cm³/mol. The van der Waals surface area contributed by atoms with Crippen molar-refractivity contribution in [2.24, 2.45) is 5.92 Å². The Labute approximate surface area is 97.7 Å². The lowest BCUT2D eigenvalue weighted by Crippen LogP contribution is -2.38. The maximum absolute atomic E-state index is 10.9. The van der Waals surface area contributed by atoms with Gasteiger partial charge in [-0.2, -0.15) is 0 Å². The molecule has 1 unspecified atom stereocenters. The van der Waals surface area contributed by atoms with Gasteiger partial charge < -0.3 is 14.8 Å². The molecule has 0 aromatic rings. The molecule has 4 nitrogen and oxygen atoms in total. The van der Waals surface area contributed by atoms with E-state index >= 15 is 0 Å². The van der Waals surface area contributed by atoms with Crippen molar-refractivity contribution < 1.29 is 14.3 Å². The molecule has 1 fully saturated rings. The Kier molecular flexibility index (Phi) is 6.42. The summed E-state index contributed by atoms with van der Waals surface area (Å²) in [6.07, 6.45) is 4.06. The highest BCUT2D eigenvalue weighted by molar-refractivity contribution is 5.70. The first kappa shape index (κ1) is 13.5. The zero-order chi connectivity index (χ0) is 11.8. The number of carbonyl (C=O) groups excluding carboxylic acids is 1. The van der Waals surface area contributed by atoms with Gasteiger partial charge in [-0.1, -0.05) is 6.42 Å². The van der Waals surface area contributed by atoms with Gasteiger partial charge in [-0.3, -0.25) is 0 Å². The van der Waals surface area contributed by atoms with Gasteiger partial charge in [0.25, 0.3) is 0 Å². The molecule has 0 aromatic heterocycles. The summed E-state index contributed by atoms with van der Waals surface area (Å²) in [6.45, 7) is 5.86.